The lowest BCUT2D eigenvalue weighted by Crippen LogP contribution is -2.16. The van der Waals surface area contributed by atoms with Crippen LogP contribution in [0.1, 0.15) is 16.5 Å². The minimum atomic E-state index is -1.45. The molecule has 1 nitrogen and oxygen atoms in total. The average molecular weight is 298 g/mol. The van der Waals surface area contributed by atoms with Gasteiger partial charge in [-0.25, -0.2) is 17.6 Å². The predicted molar refractivity (Wildman–Crippen MR) is 63.9 cm³/mol. The molecule has 0 amide bonds. The number of rotatable bonds is 2. The van der Waals surface area contributed by atoms with Gasteiger partial charge in [0.05, 0.1) is 11.6 Å². The Morgan fingerprint density at radius 2 is 1.61 bits per heavy atom. The van der Waals surface area contributed by atoms with Crippen molar-refractivity contribution in [3.63, 3.8) is 0 Å². The maximum atomic E-state index is 13.4. The van der Waals surface area contributed by atoms with E-state index in [1.165, 1.54) is 6.07 Å². The number of hydrogen-bond donors (Lipinski definition) is 1. The zero-order valence-corrected chi connectivity index (χ0v) is 10.4. The predicted octanol–water partition coefficient (Wildman–Crippen LogP) is 3.77. The summed E-state index contributed by atoms with van der Waals surface area (Å²) >= 11 is 1.15. The van der Waals surface area contributed by atoms with E-state index in [-0.39, 0.29) is 18.5 Å². The molecule has 0 unspecified atom stereocenters. The molecule has 2 aromatic rings. The summed E-state index contributed by atoms with van der Waals surface area (Å²) in [5, 5.41) is 1.65. The average Bonchev–Trinajstić information content (AvgIpc) is 2.80. The molecule has 1 aromatic carbocycles. The fraction of sp³-hybridized carbons (Fsp3) is 0.0909. The zero-order valence-electron chi connectivity index (χ0n) is 8.79. The molecule has 0 spiro atoms. The third kappa shape index (κ3) is 2.50. The Hall–Kier alpha value is -1.11. The van der Waals surface area contributed by atoms with E-state index in [4.69, 9.17) is 5.73 Å². The zero-order chi connectivity index (χ0) is 12.6. The molecule has 7 heteroatoms. The normalized spacial score (nSPS) is 12.1. The summed E-state index contributed by atoms with van der Waals surface area (Å²) < 4.78 is 52.8. The van der Waals surface area contributed by atoms with Crippen molar-refractivity contribution in [1.29, 1.82) is 0 Å². The van der Waals surface area contributed by atoms with Crippen molar-refractivity contribution in [3.05, 3.63) is 57.3 Å². The van der Waals surface area contributed by atoms with Crippen molar-refractivity contribution in [2.24, 2.45) is 5.73 Å². The van der Waals surface area contributed by atoms with Crippen LogP contribution in [0.5, 0.6) is 0 Å². The van der Waals surface area contributed by atoms with Crippen molar-refractivity contribution in [2.45, 2.75) is 6.04 Å². The highest BCUT2D eigenvalue weighted by Crippen LogP contribution is 2.30. The maximum Gasteiger partial charge on any atom is 0.167 e. The second kappa shape index (κ2) is 5.69. The number of halogens is 5. The summed E-state index contributed by atoms with van der Waals surface area (Å²) in [6.07, 6.45) is 0. The maximum absolute atomic E-state index is 13.4. The molecule has 2 N–H and O–H groups in total. The Morgan fingerprint density at radius 3 is 2.06 bits per heavy atom. The first-order chi connectivity index (χ1) is 8.02. The van der Waals surface area contributed by atoms with Gasteiger partial charge < -0.3 is 5.73 Å². The molecule has 0 aliphatic rings. The number of hydrogen-bond acceptors (Lipinski definition) is 2. The fourth-order valence-electron chi connectivity index (χ4n) is 1.48. The third-order valence-corrected chi connectivity index (χ3v) is 3.26. The van der Waals surface area contributed by atoms with Crippen LogP contribution in [0, 0.1) is 23.3 Å². The Balaban J connectivity index is 0.00000162. The van der Waals surface area contributed by atoms with Gasteiger partial charge in [-0.2, -0.15) is 0 Å². The lowest BCUT2D eigenvalue weighted by Gasteiger charge is -2.13. The standard InChI is InChI=1S/C11H7F4NS.ClH/c12-5-4-6(13)10(15)8(9(5)14)11(16)7-2-1-3-17-7;/h1-4,11H,16H2;1H/t11-;/m0./s1. The van der Waals surface area contributed by atoms with E-state index < -0.39 is 34.9 Å². The minimum Gasteiger partial charge on any atom is -0.319 e. The first-order valence-corrected chi connectivity index (χ1v) is 5.52. The van der Waals surface area contributed by atoms with Crippen molar-refractivity contribution >= 4 is 23.7 Å². The van der Waals surface area contributed by atoms with E-state index in [9.17, 15) is 17.6 Å². The summed E-state index contributed by atoms with van der Waals surface area (Å²) in [7, 11) is 0. The highest BCUT2D eigenvalue weighted by Gasteiger charge is 2.25. The molecule has 0 saturated carbocycles. The lowest BCUT2D eigenvalue weighted by molar-refractivity contribution is 0.434. The molecule has 1 atom stereocenters. The van der Waals surface area contributed by atoms with E-state index in [1.807, 2.05) is 0 Å². The van der Waals surface area contributed by atoms with Gasteiger partial charge in [0, 0.05) is 10.9 Å². The molecule has 0 radical (unpaired) electrons. The van der Waals surface area contributed by atoms with E-state index in [0.717, 1.165) is 11.3 Å². The fourth-order valence-corrected chi connectivity index (χ4v) is 2.21. The highest BCUT2D eigenvalue weighted by molar-refractivity contribution is 7.10. The minimum absolute atomic E-state index is 0. The van der Waals surface area contributed by atoms with Gasteiger partial charge in [-0.3, -0.25) is 0 Å². The number of benzene rings is 1. The molecule has 1 aromatic heterocycles. The van der Waals surface area contributed by atoms with Gasteiger partial charge in [0.2, 0.25) is 0 Å². The van der Waals surface area contributed by atoms with Crippen LogP contribution in [0.3, 0.4) is 0 Å². The molecule has 0 bridgehead atoms. The van der Waals surface area contributed by atoms with Crippen molar-refractivity contribution in [3.8, 4) is 0 Å². The smallest absolute Gasteiger partial charge is 0.167 e. The highest BCUT2D eigenvalue weighted by atomic mass is 35.5. The van der Waals surface area contributed by atoms with Crippen LogP contribution in [-0.4, -0.2) is 0 Å². The van der Waals surface area contributed by atoms with Crippen LogP contribution in [0.25, 0.3) is 0 Å². The van der Waals surface area contributed by atoms with Crippen molar-refractivity contribution in [1.82, 2.24) is 0 Å². The van der Waals surface area contributed by atoms with Gasteiger partial charge in [0.25, 0.3) is 0 Å². The van der Waals surface area contributed by atoms with Gasteiger partial charge in [0.1, 0.15) is 0 Å². The Morgan fingerprint density at radius 1 is 1.06 bits per heavy atom. The summed E-state index contributed by atoms with van der Waals surface area (Å²) in [4.78, 5) is 0.424. The summed E-state index contributed by atoms with van der Waals surface area (Å²) in [5.41, 5.74) is 4.81. The quantitative estimate of drug-likeness (QED) is 0.662. The molecule has 2 rings (SSSR count). The van der Waals surface area contributed by atoms with Gasteiger partial charge >= 0.3 is 0 Å². The van der Waals surface area contributed by atoms with E-state index in [0.29, 0.717) is 4.88 Å². The van der Waals surface area contributed by atoms with E-state index in [2.05, 4.69) is 0 Å². The van der Waals surface area contributed by atoms with Gasteiger partial charge in [0.15, 0.2) is 23.3 Å². The molecule has 0 aliphatic carbocycles. The topological polar surface area (TPSA) is 26.0 Å². The van der Waals surface area contributed by atoms with Crippen LogP contribution >= 0.6 is 23.7 Å². The van der Waals surface area contributed by atoms with E-state index >= 15 is 0 Å². The lowest BCUT2D eigenvalue weighted by atomic mass is 10.0. The molecule has 0 fully saturated rings. The van der Waals surface area contributed by atoms with Crippen LogP contribution in [-0.2, 0) is 0 Å². The first-order valence-electron chi connectivity index (χ1n) is 4.64. The van der Waals surface area contributed by atoms with E-state index in [1.54, 1.807) is 11.4 Å². The summed E-state index contributed by atoms with van der Waals surface area (Å²) in [5.74, 6) is -5.81. The third-order valence-electron chi connectivity index (χ3n) is 2.31. The van der Waals surface area contributed by atoms with Crippen LogP contribution < -0.4 is 5.73 Å². The SMILES string of the molecule is Cl.N[C@@H](c1cccs1)c1c(F)c(F)cc(F)c1F. The molecule has 0 saturated heterocycles. The Bertz CT molecular complexity index is 518. The Kier molecular flexibility index (Phi) is 4.72. The van der Waals surface area contributed by atoms with Crippen molar-refractivity contribution < 1.29 is 17.6 Å². The monoisotopic (exact) mass is 297 g/mol. The van der Waals surface area contributed by atoms with Gasteiger partial charge in [-0.1, -0.05) is 6.07 Å². The molecule has 18 heavy (non-hydrogen) atoms. The summed E-state index contributed by atoms with van der Waals surface area (Å²) in [6, 6.07) is 2.11. The first kappa shape index (κ1) is 14.9. The van der Waals surface area contributed by atoms with Gasteiger partial charge in [-0.15, -0.1) is 23.7 Å². The molecular weight excluding hydrogens is 290 g/mol. The Labute approximate surface area is 111 Å². The number of thiophene rings is 1. The molecule has 1 heterocycles. The molecule has 98 valence electrons. The second-order valence-electron chi connectivity index (χ2n) is 3.37. The molecule has 0 aliphatic heterocycles. The van der Waals surface area contributed by atoms with Crippen LogP contribution in [0.4, 0.5) is 17.6 Å². The second-order valence-corrected chi connectivity index (χ2v) is 4.35. The number of nitrogens with two attached hydrogens (primary N) is 1. The molecular formula is C11H8ClF4NS. The summed E-state index contributed by atoms with van der Waals surface area (Å²) in [6.45, 7) is 0. The van der Waals surface area contributed by atoms with Crippen molar-refractivity contribution in [2.75, 3.05) is 0 Å². The van der Waals surface area contributed by atoms with Crippen LogP contribution in [0.2, 0.25) is 0 Å². The largest absolute Gasteiger partial charge is 0.319 e. The van der Waals surface area contributed by atoms with Gasteiger partial charge in [-0.05, 0) is 11.4 Å². The van der Waals surface area contributed by atoms with Crippen LogP contribution in [0.15, 0.2) is 23.6 Å².